The number of aromatic nitrogens is 3. The zero-order valence-electron chi connectivity index (χ0n) is 13.3. The van der Waals surface area contributed by atoms with Crippen LogP contribution in [0.5, 0.6) is 0 Å². The van der Waals surface area contributed by atoms with Crippen LogP contribution in [-0.2, 0) is 6.42 Å². The summed E-state index contributed by atoms with van der Waals surface area (Å²) in [7, 11) is 0. The molecule has 4 nitrogen and oxygen atoms in total. The van der Waals surface area contributed by atoms with Crippen LogP contribution in [0.1, 0.15) is 51.3 Å². The normalized spacial score (nSPS) is 10.9. The first-order valence-electron chi connectivity index (χ1n) is 7.72. The summed E-state index contributed by atoms with van der Waals surface area (Å²) in [5.74, 6) is 1.97. The van der Waals surface area contributed by atoms with Crippen molar-refractivity contribution in [2.75, 3.05) is 11.9 Å². The number of nitrogens with zero attached hydrogens (tertiary/aromatic N) is 3. The highest BCUT2D eigenvalue weighted by Gasteiger charge is 2.12. The molecule has 0 radical (unpaired) electrons. The number of anilines is 1. The molecular weight excluding hydrogens is 260 g/mol. The number of pyridine rings is 1. The van der Waals surface area contributed by atoms with Gasteiger partial charge < -0.3 is 5.32 Å². The summed E-state index contributed by atoms with van der Waals surface area (Å²) in [4.78, 5) is 13.8. The van der Waals surface area contributed by atoms with E-state index in [4.69, 9.17) is 4.98 Å². The van der Waals surface area contributed by atoms with Gasteiger partial charge in [-0.05, 0) is 30.4 Å². The van der Waals surface area contributed by atoms with Crippen molar-refractivity contribution >= 4 is 5.82 Å². The van der Waals surface area contributed by atoms with Crippen molar-refractivity contribution < 1.29 is 0 Å². The molecule has 0 spiro atoms. The maximum absolute atomic E-state index is 4.71. The van der Waals surface area contributed by atoms with Crippen LogP contribution in [0.3, 0.4) is 0 Å². The Morgan fingerprint density at radius 3 is 2.67 bits per heavy atom. The number of rotatable bonds is 6. The third-order valence-electron chi connectivity index (χ3n) is 3.38. The van der Waals surface area contributed by atoms with E-state index in [1.54, 1.807) is 6.20 Å². The molecule has 0 saturated carbocycles. The number of hydrogen-bond donors (Lipinski definition) is 1. The lowest BCUT2D eigenvalue weighted by Crippen LogP contribution is -2.07. The zero-order chi connectivity index (χ0) is 15.2. The molecule has 1 N–H and O–H groups in total. The van der Waals surface area contributed by atoms with Crippen molar-refractivity contribution in [3.8, 4) is 11.5 Å². The molecule has 21 heavy (non-hydrogen) atoms. The summed E-state index contributed by atoms with van der Waals surface area (Å²) in [6.07, 6.45) is 3.80. The van der Waals surface area contributed by atoms with Crippen LogP contribution in [0.4, 0.5) is 5.82 Å². The Kier molecular flexibility index (Phi) is 5.26. The third-order valence-corrected chi connectivity index (χ3v) is 3.38. The van der Waals surface area contributed by atoms with Gasteiger partial charge in [-0.2, -0.15) is 0 Å². The second-order valence-electron chi connectivity index (χ2n) is 5.45. The molecule has 0 fully saturated rings. The van der Waals surface area contributed by atoms with Gasteiger partial charge in [0.25, 0.3) is 0 Å². The van der Waals surface area contributed by atoms with Crippen molar-refractivity contribution in [2.45, 2.75) is 46.5 Å². The minimum Gasteiger partial charge on any atom is -0.370 e. The molecule has 0 atom stereocenters. The van der Waals surface area contributed by atoms with Crippen molar-refractivity contribution in [1.82, 2.24) is 15.0 Å². The molecule has 4 heteroatoms. The third kappa shape index (κ3) is 3.78. The first-order valence-corrected chi connectivity index (χ1v) is 7.72. The fourth-order valence-corrected chi connectivity index (χ4v) is 2.14. The molecule has 0 unspecified atom stereocenters. The van der Waals surface area contributed by atoms with Gasteiger partial charge in [0, 0.05) is 24.5 Å². The Labute approximate surface area is 127 Å². The molecule has 2 rings (SSSR count). The second kappa shape index (κ2) is 7.16. The molecule has 0 aromatic carbocycles. The standard InChI is InChI=1S/C17H24N4/c1-5-9-18-15-11-14(12(3)4)20-17(21-15)16-13(6-2)8-7-10-19-16/h7-8,10-12H,5-6,9H2,1-4H3,(H,18,20,21). The van der Waals surface area contributed by atoms with Crippen LogP contribution < -0.4 is 5.32 Å². The number of aryl methyl sites for hydroxylation is 1. The highest BCUT2D eigenvalue weighted by Crippen LogP contribution is 2.23. The molecule has 2 aromatic heterocycles. The Hall–Kier alpha value is -1.97. The fraction of sp³-hybridized carbons (Fsp3) is 0.471. The van der Waals surface area contributed by atoms with Gasteiger partial charge in [-0.15, -0.1) is 0 Å². The number of hydrogen-bond acceptors (Lipinski definition) is 4. The molecule has 0 aliphatic rings. The zero-order valence-corrected chi connectivity index (χ0v) is 13.3. The molecule has 0 bridgehead atoms. The van der Waals surface area contributed by atoms with Crippen LogP contribution in [0, 0.1) is 0 Å². The van der Waals surface area contributed by atoms with Gasteiger partial charge in [0.05, 0.1) is 0 Å². The average molecular weight is 284 g/mol. The SMILES string of the molecule is CCCNc1cc(C(C)C)nc(-c2ncccc2CC)n1. The number of nitrogens with one attached hydrogen (secondary N) is 1. The van der Waals surface area contributed by atoms with Gasteiger partial charge in [-0.25, -0.2) is 9.97 Å². The van der Waals surface area contributed by atoms with Gasteiger partial charge in [0.15, 0.2) is 5.82 Å². The average Bonchev–Trinajstić information content (AvgIpc) is 2.52. The van der Waals surface area contributed by atoms with E-state index in [2.05, 4.69) is 49.0 Å². The van der Waals surface area contributed by atoms with Gasteiger partial charge in [-0.1, -0.05) is 33.8 Å². The van der Waals surface area contributed by atoms with Gasteiger partial charge in [0.1, 0.15) is 11.5 Å². The highest BCUT2D eigenvalue weighted by atomic mass is 15.0. The Morgan fingerprint density at radius 1 is 1.19 bits per heavy atom. The lowest BCUT2D eigenvalue weighted by atomic mass is 10.1. The maximum Gasteiger partial charge on any atom is 0.180 e. The summed E-state index contributed by atoms with van der Waals surface area (Å²) in [6.45, 7) is 9.48. The molecule has 112 valence electrons. The molecule has 0 saturated heterocycles. The van der Waals surface area contributed by atoms with Crippen LogP contribution in [0.2, 0.25) is 0 Å². The molecule has 0 amide bonds. The maximum atomic E-state index is 4.71. The summed E-state index contributed by atoms with van der Waals surface area (Å²) >= 11 is 0. The van der Waals surface area contributed by atoms with E-state index >= 15 is 0 Å². The van der Waals surface area contributed by atoms with Gasteiger partial charge in [0.2, 0.25) is 0 Å². The lowest BCUT2D eigenvalue weighted by molar-refractivity contribution is 0.814. The predicted molar refractivity (Wildman–Crippen MR) is 87.5 cm³/mol. The summed E-state index contributed by atoms with van der Waals surface area (Å²) in [6, 6.07) is 6.09. The largest absolute Gasteiger partial charge is 0.370 e. The smallest absolute Gasteiger partial charge is 0.180 e. The monoisotopic (exact) mass is 284 g/mol. The Morgan fingerprint density at radius 2 is 2.00 bits per heavy atom. The van der Waals surface area contributed by atoms with Crippen LogP contribution in [-0.4, -0.2) is 21.5 Å². The fourth-order valence-electron chi connectivity index (χ4n) is 2.14. The van der Waals surface area contributed by atoms with Crippen molar-refractivity contribution in [3.63, 3.8) is 0 Å². The predicted octanol–water partition coefficient (Wildman–Crippen LogP) is 4.05. The first kappa shape index (κ1) is 15.4. The quantitative estimate of drug-likeness (QED) is 0.869. The minimum absolute atomic E-state index is 0.364. The van der Waals surface area contributed by atoms with E-state index in [-0.39, 0.29) is 0 Å². The van der Waals surface area contributed by atoms with E-state index in [0.29, 0.717) is 5.92 Å². The van der Waals surface area contributed by atoms with Crippen molar-refractivity contribution in [1.29, 1.82) is 0 Å². The molecule has 0 aliphatic heterocycles. The summed E-state index contributed by atoms with van der Waals surface area (Å²) in [5.41, 5.74) is 3.12. The Balaban J connectivity index is 2.48. The lowest BCUT2D eigenvalue weighted by Gasteiger charge is -2.12. The van der Waals surface area contributed by atoms with Gasteiger partial charge >= 0.3 is 0 Å². The van der Waals surface area contributed by atoms with E-state index in [1.807, 2.05) is 12.1 Å². The summed E-state index contributed by atoms with van der Waals surface area (Å²) in [5, 5.41) is 3.36. The molecule has 2 heterocycles. The van der Waals surface area contributed by atoms with Crippen LogP contribution in [0.25, 0.3) is 11.5 Å². The summed E-state index contributed by atoms with van der Waals surface area (Å²) < 4.78 is 0. The topological polar surface area (TPSA) is 50.7 Å². The van der Waals surface area contributed by atoms with Gasteiger partial charge in [-0.3, -0.25) is 4.98 Å². The Bertz CT molecular complexity index is 593. The van der Waals surface area contributed by atoms with Crippen LogP contribution in [0.15, 0.2) is 24.4 Å². The van der Waals surface area contributed by atoms with Crippen LogP contribution >= 0.6 is 0 Å². The molecule has 2 aromatic rings. The van der Waals surface area contributed by atoms with E-state index < -0.39 is 0 Å². The van der Waals surface area contributed by atoms with E-state index in [0.717, 1.165) is 42.4 Å². The van der Waals surface area contributed by atoms with Crippen molar-refractivity contribution in [2.24, 2.45) is 0 Å². The van der Waals surface area contributed by atoms with Crippen molar-refractivity contribution in [3.05, 3.63) is 35.7 Å². The first-order chi connectivity index (χ1) is 10.2. The van der Waals surface area contributed by atoms with E-state index in [9.17, 15) is 0 Å². The second-order valence-corrected chi connectivity index (χ2v) is 5.45. The molecule has 0 aliphatic carbocycles. The molecular formula is C17H24N4. The van der Waals surface area contributed by atoms with E-state index in [1.165, 1.54) is 5.56 Å². The highest BCUT2D eigenvalue weighted by molar-refractivity contribution is 5.57. The minimum atomic E-state index is 0.364.